The van der Waals surface area contributed by atoms with Gasteiger partial charge in [-0.1, -0.05) is 38.1 Å². The van der Waals surface area contributed by atoms with E-state index in [1.54, 1.807) is 0 Å². The van der Waals surface area contributed by atoms with Crippen LogP contribution in [0.4, 0.5) is 0 Å². The zero-order valence-corrected chi connectivity index (χ0v) is 16.4. The van der Waals surface area contributed by atoms with Crippen LogP contribution in [-0.4, -0.2) is 36.9 Å². The summed E-state index contributed by atoms with van der Waals surface area (Å²) in [5.74, 6) is 2.13. The van der Waals surface area contributed by atoms with Crippen molar-refractivity contribution >= 4 is 23.5 Å². The van der Waals surface area contributed by atoms with E-state index in [2.05, 4.69) is 62.4 Å². The van der Waals surface area contributed by atoms with Gasteiger partial charge in [-0.15, -0.1) is 23.5 Å². The summed E-state index contributed by atoms with van der Waals surface area (Å²) in [5.41, 5.74) is 2.71. The molecule has 4 rings (SSSR count). The van der Waals surface area contributed by atoms with Gasteiger partial charge in [-0.3, -0.25) is 0 Å². The Morgan fingerprint density at radius 2 is 1.12 bits per heavy atom. The van der Waals surface area contributed by atoms with Crippen molar-refractivity contribution in [3.05, 3.63) is 59.7 Å². The minimum atomic E-state index is 0.00556. The van der Waals surface area contributed by atoms with Crippen molar-refractivity contribution in [2.45, 2.75) is 41.3 Å². The van der Waals surface area contributed by atoms with E-state index in [1.165, 1.54) is 20.9 Å². The number of hydrogen-bond donors (Lipinski definition) is 0. The Morgan fingerprint density at radius 3 is 1.44 bits per heavy atom. The quantitative estimate of drug-likeness (QED) is 0.481. The van der Waals surface area contributed by atoms with E-state index in [9.17, 15) is 0 Å². The molecule has 0 amide bonds. The first kappa shape index (κ1) is 17.5. The summed E-state index contributed by atoms with van der Waals surface area (Å²) in [5, 5.41) is 0. The third kappa shape index (κ3) is 4.62. The van der Waals surface area contributed by atoms with Crippen molar-refractivity contribution < 1.29 is 9.47 Å². The van der Waals surface area contributed by atoms with E-state index in [-0.39, 0.29) is 5.41 Å². The molecule has 2 nitrogen and oxygen atoms in total. The fraction of sp³-hybridized carbons (Fsp3) is 0.429. The maximum atomic E-state index is 5.28. The highest BCUT2D eigenvalue weighted by molar-refractivity contribution is 7.99. The standard InChI is InChI=1S/C21H24O2S2/c1-21(2,15-3-7-19(8-4-15)24-13-17-11-22-17)16-5-9-20(10-6-16)25-14-18-12-23-18/h3-10,17-18H,11-14H2,1-2H3. The monoisotopic (exact) mass is 372 g/mol. The molecule has 2 unspecified atom stereocenters. The van der Waals surface area contributed by atoms with Crippen LogP contribution in [0.15, 0.2) is 58.3 Å². The number of ether oxygens (including phenoxy) is 2. The normalized spacial score (nSPS) is 22.0. The molecular weight excluding hydrogens is 348 g/mol. The van der Waals surface area contributed by atoms with Crippen LogP contribution in [0.2, 0.25) is 0 Å². The van der Waals surface area contributed by atoms with Gasteiger partial charge >= 0.3 is 0 Å². The molecule has 132 valence electrons. The molecular formula is C21H24O2S2. The summed E-state index contributed by atoms with van der Waals surface area (Å²) in [7, 11) is 0. The average Bonchev–Trinajstić information content (AvgIpc) is 3.54. The summed E-state index contributed by atoms with van der Waals surface area (Å²) in [6.45, 7) is 6.46. The molecule has 0 aliphatic carbocycles. The van der Waals surface area contributed by atoms with Crippen LogP contribution >= 0.6 is 23.5 Å². The molecule has 2 saturated heterocycles. The lowest BCUT2D eigenvalue weighted by molar-refractivity contribution is 0.426. The first-order valence-electron chi connectivity index (χ1n) is 8.81. The Kier molecular flexibility index (Phi) is 5.14. The molecule has 4 heteroatoms. The number of hydrogen-bond acceptors (Lipinski definition) is 4. The Bertz CT molecular complexity index is 640. The molecule has 0 spiro atoms. The molecule has 0 aromatic heterocycles. The average molecular weight is 373 g/mol. The Morgan fingerprint density at radius 1 is 0.760 bits per heavy atom. The second-order valence-electron chi connectivity index (χ2n) is 7.21. The van der Waals surface area contributed by atoms with E-state index < -0.39 is 0 Å². The third-order valence-electron chi connectivity index (χ3n) is 4.83. The number of benzene rings is 2. The van der Waals surface area contributed by atoms with Gasteiger partial charge in [0, 0.05) is 26.7 Å². The number of rotatable bonds is 8. The SMILES string of the molecule is CC(C)(c1ccc(SCC2CO2)cc1)c1ccc(SCC2CO2)cc1. The Hall–Kier alpha value is -0.940. The molecule has 0 N–H and O–H groups in total. The van der Waals surface area contributed by atoms with Crippen molar-refractivity contribution in [2.75, 3.05) is 24.7 Å². The van der Waals surface area contributed by atoms with Gasteiger partial charge in [0.15, 0.2) is 0 Å². The molecule has 2 aromatic rings. The van der Waals surface area contributed by atoms with Crippen LogP contribution < -0.4 is 0 Å². The summed E-state index contributed by atoms with van der Waals surface area (Å²) >= 11 is 3.77. The van der Waals surface area contributed by atoms with Crippen molar-refractivity contribution in [3.63, 3.8) is 0 Å². The third-order valence-corrected chi connectivity index (χ3v) is 7.12. The van der Waals surface area contributed by atoms with Gasteiger partial charge < -0.3 is 9.47 Å². The van der Waals surface area contributed by atoms with Crippen molar-refractivity contribution in [1.29, 1.82) is 0 Å². The molecule has 2 atom stereocenters. The molecule has 2 aliphatic rings. The highest BCUT2D eigenvalue weighted by Crippen LogP contribution is 2.34. The molecule has 25 heavy (non-hydrogen) atoms. The topological polar surface area (TPSA) is 25.1 Å². The largest absolute Gasteiger partial charge is 0.372 e. The summed E-state index contributed by atoms with van der Waals surface area (Å²) in [4.78, 5) is 2.65. The van der Waals surface area contributed by atoms with Gasteiger partial charge in [0.25, 0.3) is 0 Å². The molecule has 2 aromatic carbocycles. The minimum absolute atomic E-state index is 0.00556. The summed E-state index contributed by atoms with van der Waals surface area (Å²) in [6, 6.07) is 18.0. The zero-order chi connectivity index (χ0) is 17.3. The lowest BCUT2D eigenvalue weighted by atomic mass is 9.78. The lowest BCUT2D eigenvalue weighted by Crippen LogP contribution is -2.18. The first-order valence-corrected chi connectivity index (χ1v) is 10.8. The predicted octanol–water partition coefficient (Wildman–Crippen LogP) is 4.99. The summed E-state index contributed by atoms with van der Waals surface area (Å²) < 4.78 is 10.6. The highest BCUT2D eigenvalue weighted by Gasteiger charge is 2.25. The van der Waals surface area contributed by atoms with Crippen LogP contribution in [0.5, 0.6) is 0 Å². The molecule has 0 radical (unpaired) electrons. The second-order valence-corrected chi connectivity index (χ2v) is 9.39. The first-order chi connectivity index (χ1) is 12.1. The maximum absolute atomic E-state index is 5.28. The minimum Gasteiger partial charge on any atom is -0.372 e. The maximum Gasteiger partial charge on any atom is 0.0903 e. The lowest BCUT2D eigenvalue weighted by Gasteiger charge is -2.26. The second kappa shape index (κ2) is 7.36. The van der Waals surface area contributed by atoms with E-state index in [0.717, 1.165) is 24.7 Å². The number of epoxide rings is 2. The van der Waals surface area contributed by atoms with Gasteiger partial charge in [0.2, 0.25) is 0 Å². The van der Waals surface area contributed by atoms with Crippen molar-refractivity contribution in [2.24, 2.45) is 0 Å². The van der Waals surface area contributed by atoms with Crippen LogP contribution in [0.3, 0.4) is 0 Å². The van der Waals surface area contributed by atoms with E-state index >= 15 is 0 Å². The number of thioether (sulfide) groups is 2. The predicted molar refractivity (Wildman–Crippen MR) is 106 cm³/mol. The van der Waals surface area contributed by atoms with Crippen LogP contribution in [0.25, 0.3) is 0 Å². The Balaban J connectivity index is 1.41. The Labute approximate surface area is 158 Å². The zero-order valence-electron chi connectivity index (χ0n) is 14.7. The van der Waals surface area contributed by atoms with Gasteiger partial charge in [-0.05, 0) is 35.4 Å². The van der Waals surface area contributed by atoms with Gasteiger partial charge in [0.05, 0.1) is 25.4 Å². The van der Waals surface area contributed by atoms with Gasteiger partial charge in [0.1, 0.15) is 0 Å². The van der Waals surface area contributed by atoms with Gasteiger partial charge in [-0.2, -0.15) is 0 Å². The summed E-state index contributed by atoms with van der Waals surface area (Å²) in [6.07, 6.45) is 0.952. The van der Waals surface area contributed by atoms with Crippen LogP contribution in [0, 0.1) is 0 Å². The van der Waals surface area contributed by atoms with Gasteiger partial charge in [-0.25, -0.2) is 0 Å². The molecule has 2 aliphatic heterocycles. The van der Waals surface area contributed by atoms with Crippen LogP contribution in [0.1, 0.15) is 25.0 Å². The molecule has 0 bridgehead atoms. The van der Waals surface area contributed by atoms with Crippen LogP contribution in [-0.2, 0) is 14.9 Å². The van der Waals surface area contributed by atoms with Crippen molar-refractivity contribution in [1.82, 2.24) is 0 Å². The fourth-order valence-corrected chi connectivity index (χ4v) is 4.61. The molecule has 0 saturated carbocycles. The van der Waals surface area contributed by atoms with Crippen molar-refractivity contribution in [3.8, 4) is 0 Å². The van der Waals surface area contributed by atoms with E-state index in [1.807, 2.05) is 23.5 Å². The molecule has 2 fully saturated rings. The smallest absolute Gasteiger partial charge is 0.0903 e. The van der Waals surface area contributed by atoms with E-state index in [4.69, 9.17) is 9.47 Å². The highest BCUT2D eigenvalue weighted by atomic mass is 32.2. The molecule has 2 heterocycles. The van der Waals surface area contributed by atoms with E-state index in [0.29, 0.717) is 12.2 Å². The fourth-order valence-electron chi connectivity index (χ4n) is 2.81.